The lowest BCUT2D eigenvalue weighted by Gasteiger charge is -2.28. The first kappa shape index (κ1) is 15.5. The summed E-state index contributed by atoms with van der Waals surface area (Å²) in [5.74, 6) is 0. The average Bonchev–Trinajstić information content (AvgIpc) is 2.54. The van der Waals surface area contributed by atoms with Crippen LogP contribution in [0.15, 0.2) is 0 Å². The third-order valence-electron chi connectivity index (χ3n) is 3.42. The maximum Gasteiger partial charge on any atom is 0.130 e. The zero-order valence-electron chi connectivity index (χ0n) is 12.2. The van der Waals surface area contributed by atoms with Gasteiger partial charge >= 0.3 is 0 Å². The van der Waals surface area contributed by atoms with E-state index < -0.39 is 0 Å². The molecule has 1 heterocycles. The van der Waals surface area contributed by atoms with Crippen molar-refractivity contribution in [1.29, 1.82) is 0 Å². The van der Waals surface area contributed by atoms with Crippen molar-refractivity contribution in [2.75, 3.05) is 14.2 Å². The number of nitrogens with one attached hydrogen (secondary N) is 1. The number of nitrogens with zero attached hydrogens (tertiary/aromatic N) is 2. The van der Waals surface area contributed by atoms with Gasteiger partial charge in [0.1, 0.15) is 5.15 Å². The Labute approximate surface area is 115 Å². The molecule has 1 aromatic heterocycles. The second kappa shape index (κ2) is 6.04. The van der Waals surface area contributed by atoms with E-state index >= 15 is 0 Å². The van der Waals surface area contributed by atoms with Crippen molar-refractivity contribution in [3.8, 4) is 0 Å². The van der Waals surface area contributed by atoms with Gasteiger partial charge in [0.05, 0.1) is 11.3 Å². The van der Waals surface area contributed by atoms with Gasteiger partial charge in [0.2, 0.25) is 0 Å². The molecule has 0 amide bonds. The Morgan fingerprint density at radius 3 is 2.50 bits per heavy atom. The molecule has 0 fully saturated rings. The van der Waals surface area contributed by atoms with Crippen LogP contribution in [0.25, 0.3) is 0 Å². The molecular formula is C13H24ClN3O. The van der Waals surface area contributed by atoms with Crippen LogP contribution < -0.4 is 5.32 Å². The Hall–Kier alpha value is -0.580. The molecule has 0 saturated heterocycles. The van der Waals surface area contributed by atoms with Crippen molar-refractivity contribution in [3.05, 3.63) is 16.4 Å². The molecule has 4 nitrogen and oxygen atoms in total. The largest absolute Gasteiger partial charge is 0.379 e. The molecule has 1 N–H and O–H groups in total. The maximum absolute atomic E-state index is 6.26. The number of rotatable bonds is 6. The van der Waals surface area contributed by atoms with E-state index in [9.17, 15) is 0 Å². The highest BCUT2D eigenvalue weighted by Crippen LogP contribution is 2.23. The van der Waals surface area contributed by atoms with Crippen LogP contribution in [-0.2, 0) is 18.2 Å². The zero-order chi connectivity index (χ0) is 13.9. The first-order chi connectivity index (χ1) is 8.30. The molecule has 0 spiro atoms. The molecule has 0 saturated carbocycles. The van der Waals surface area contributed by atoms with Gasteiger partial charge in [-0.2, -0.15) is 5.10 Å². The molecule has 1 rings (SSSR count). The van der Waals surface area contributed by atoms with Crippen molar-refractivity contribution >= 4 is 11.6 Å². The van der Waals surface area contributed by atoms with E-state index in [1.807, 2.05) is 21.0 Å². The van der Waals surface area contributed by atoms with Gasteiger partial charge in [0.15, 0.2) is 0 Å². The van der Waals surface area contributed by atoms with E-state index in [2.05, 4.69) is 24.3 Å². The third-order valence-corrected chi connectivity index (χ3v) is 3.89. The highest BCUT2D eigenvalue weighted by atomic mass is 35.5. The number of aryl methyl sites for hydroxylation is 2. The lowest BCUT2D eigenvalue weighted by molar-refractivity contribution is 0.00771. The molecule has 0 bridgehead atoms. The van der Waals surface area contributed by atoms with Gasteiger partial charge in [-0.3, -0.25) is 4.68 Å². The lowest BCUT2D eigenvalue weighted by Crippen LogP contribution is -2.37. The quantitative estimate of drug-likeness (QED) is 0.865. The van der Waals surface area contributed by atoms with Crippen LogP contribution in [0.5, 0.6) is 0 Å². The van der Waals surface area contributed by atoms with E-state index in [0.717, 1.165) is 29.3 Å². The minimum Gasteiger partial charge on any atom is -0.379 e. The molecule has 0 aromatic carbocycles. The second-order valence-corrected chi connectivity index (χ2v) is 5.69. The molecule has 0 aliphatic heterocycles. The van der Waals surface area contributed by atoms with Crippen LogP contribution in [0.3, 0.4) is 0 Å². The number of aromatic nitrogens is 2. The van der Waals surface area contributed by atoms with Crippen LogP contribution in [0, 0.1) is 6.92 Å². The summed E-state index contributed by atoms with van der Waals surface area (Å²) in [6.07, 6.45) is 1.78. The average molecular weight is 274 g/mol. The van der Waals surface area contributed by atoms with Crippen molar-refractivity contribution < 1.29 is 4.74 Å². The highest BCUT2D eigenvalue weighted by Gasteiger charge is 2.24. The first-order valence-corrected chi connectivity index (χ1v) is 6.59. The van der Waals surface area contributed by atoms with Gasteiger partial charge in [0, 0.05) is 25.8 Å². The van der Waals surface area contributed by atoms with Crippen LogP contribution in [0.2, 0.25) is 5.15 Å². The summed E-state index contributed by atoms with van der Waals surface area (Å²) in [5, 5.41) is 8.39. The molecule has 104 valence electrons. The van der Waals surface area contributed by atoms with Gasteiger partial charge in [-0.25, -0.2) is 0 Å². The number of halogens is 1. The number of methoxy groups -OCH3 is 1. The molecule has 1 aromatic rings. The Kier molecular flexibility index (Phi) is 5.20. The van der Waals surface area contributed by atoms with Gasteiger partial charge in [-0.15, -0.1) is 0 Å². The number of ether oxygens (including phenoxy) is 1. The van der Waals surface area contributed by atoms with E-state index in [0.29, 0.717) is 6.04 Å². The summed E-state index contributed by atoms with van der Waals surface area (Å²) < 4.78 is 7.20. The fourth-order valence-electron chi connectivity index (χ4n) is 2.11. The topological polar surface area (TPSA) is 39.1 Å². The summed E-state index contributed by atoms with van der Waals surface area (Å²) in [6, 6.07) is 0.320. The Balaban J connectivity index is 2.80. The number of likely N-dealkylation sites (N-methyl/N-ethyl adjacent to an activating group) is 1. The minimum atomic E-state index is -0.143. The minimum absolute atomic E-state index is 0.143. The van der Waals surface area contributed by atoms with Crippen LogP contribution in [0.1, 0.15) is 31.5 Å². The molecule has 0 aliphatic carbocycles. The Bertz CT molecular complexity index is 401. The summed E-state index contributed by atoms with van der Waals surface area (Å²) in [4.78, 5) is 0. The van der Waals surface area contributed by atoms with Gasteiger partial charge in [-0.1, -0.05) is 11.6 Å². The molecule has 1 atom stereocenters. The SMILES string of the molecule is CNC(Cc1c(C)nn(C)c1Cl)CC(C)(C)OC. The first-order valence-electron chi connectivity index (χ1n) is 6.21. The molecule has 18 heavy (non-hydrogen) atoms. The van der Waals surface area contributed by atoms with E-state index in [1.165, 1.54) is 0 Å². The summed E-state index contributed by atoms with van der Waals surface area (Å²) in [7, 11) is 5.58. The molecule has 1 unspecified atom stereocenters. The molecular weight excluding hydrogens is 250 g/mol. The molecule has 5 heteroatoms. The second-order valence-electron chi connectivity index (χ2n) is 5.34. The number of hydrogen-bond acceptors (Lipinski definition) is 3. The predicted octanol–water partition coefficient (Wildman–Crippen LogP) is 2.33. The summed E-state index contributed by atoms with van der Waals surface area (Å²) >= 11 is 6.26. The van der Waals surface area contributed by atoms with E-state index in [4.69, 9.17) is 16.3 Å². The fourth-order valence-corrected chi connectivity index (χ4v) is 2.36. The van der Waals surface area contributed by atoms with Gasteiger partial charge in [0.25, 0.3) is 0 Å². The zero-order valence-corrected chi connectivity index (χ0v) is 12.9. The Morgan fingerprint density at radius 1 is 1.50 bits per heavy atom. The third kappa shape index (κ3) is 3.70. The van der Waals surface area contributed by atoms with Gasteiger partial charge in [-0.05, 0) is 40.7 Å². The van der Waals surface area contributed by atoms with Crippen molar-refractivity contribution in [1.82, 2.24) is 15.1 Å². The molecule has 0 radical (unpaired) electrons. The maximum atomic E-state index is 6.26. The van der Waals surface area contributed by atoms with Crippen LogP contribution >= 0.6 is 11.6 Å². The highest BCUT2D eigenvalue weighted by molar-refractivity contribution is 6.30. The van der Waals surface area contributed by atoms with Crippen LogP contribution in [0.4, 0.5) is 0 Å². The monoisotopic (exact) mass is 273 g/mol. The van der Waals surface area contributed by atoms with Gasteiger partial charge < -0.3 is 10.1 Å². The van der Waals surface area contributed by atoms with E-state index in [-0.39, 0.29) is 5.60 Å². The smallest absolute Gasteiger partial charge is 0.130 e. The van der Waals surface area contributed by atoms with Crippen LogP contribution in [-0.4, -0.2) is 35.6 Å². The fraction of sp³-hybridized carbons (Fsp3) is 0.769. The predicted molar refractivity (Wildman–Crippen MR) is 75.2 cm³/mol. The summed E-state index contributed by atoms with van der Waals surface area (Å²) in [5.41, 5.74) is 1.97. The molecule has 0 aliphatic rings. The lowest BCUT2D eigenvalue weighted by atomic mass is 9.94. The van der Waals surface area contributed by atoms with E-state index in [1.54, 1.807) is 11.8 Å². The summed E-state index contributed by atoms with van der Waals surface area (Å²) in [6.45, 7) is 6.18. The standard InChI is InChI=1S/C13H24ClN3O/c1-9-11(12(14)17(5)16-9)7-10(15-4)8-13(2,3)18-6/h10,15H,7-8H2,1-6H3. The Morgan fingerprint density at radius 2 is 2.11 bits per heavy atom. The van der Waals surface area contributed by atoms with Crippen molar-refractivity contribution in [2.24, 2.45) is 7.05 Å². The normalized spacial score (nSPS) is 13.9. The number of hydrogen-bond donors (Lipinski definition) is 1. The van der Waals surface area contributed by atoms with Crippen molar-refractivity contribution in [2.45, 2.75) is 45.3 Å². The van der Waals surface area contributed by atoms with Crippen molar-refractivity contribution in [3.63, 3.8) is 0 Å².